The molecule has 1 aliphatic heterocycles. The third-order valence-corrected chi connectivity index (χ3v) is 3.81. The van der Waals surface area contributed by atoms with Crippen molar-refractivity contribution in [2.45, 2.75) is 26.0 Å². The second-order valence-electron chi connectivity index (χ2n) is 5.23. The van der Waals surface area contributed by atoms with E-state index in [9.17, 15) is 0 Å². The summed E-state index contributed by atoms with van der Waals surface area (Å²) in [5, 5.41) is 16.4. The number of aryl methyl sites for hydroxylation is 1. The van der Waals surface area contributed by atoms with Crippen molar-refractivity contribution in [2.24, 2.45) is 5.92 Å². The summed E-state index contributed by atoms with van der Waals surface area (Å²) in [4.78, 5) is 8.26. The lowest BCUT2D eigenvalue weighted by atomic mass is 9.97. The van der Waals surface area contributed by atoms with E-state index in [4.69, 9.17) is 10.00 Å². The molecule has 0 unspecified atom stereocenters. The van der Waals surface area contributed by atoms with Crippen molar-refractivity contribution in [1.29, 1.82) is 5.26 Å². The van der Waals surface area contributed by atoms with Crippen LogP contribution in [-0.2, 0) is 11.3 Å². The fourth-order valence-corrected chi connectivity index (χ4v) is 2.64. The molecule has 0 aromatic carbocycles. The number of hydrogen-bond acceptors (Lipinski definition) is 6. The third-order valence-electron chi connectivity index (χ3n) is 3.81. The van der Waals surface area contributed by atoms with Crippen LogP contribution in [0.1, 0.15) is 30.7 Å². The Morgan fingerprint density at radius 3 is 3.23 bits per heavy atom. The Labute approximate surface area is 129 Å². The normalized spacial score (nSPS) is 20.7. The molecule has 1 saturated heterocycles. The first kappa shape index (κ1) is 14.5. The predicted octanol–water partition coefficient (Wildman–Crippen LogP) is 1.75. The lowest BCUT2D eigenvalue weighted by Crippen LogP contribution is -2.19. The van der Waals surface area contributed by atoms with Crippen molar-refractivity contribution >= 4 is 5.95 Å². The van der Waals surface area contributed by atoms with E-state index in [1.807, 2.05) is 23.1 Å². The number of ether oxygens (including phenoxy) is 1. The lowest BCUT2D eigenvalue weighted by molar-refractivity contribution is 0.0932. The van der Waals surface area contributed by atoms with Crippen LogP contribution in [0, 0.1) is 17.2 Å². The molecule has 2 aromatic heterocycles. The molecule has 0 aliphatic carbocycles. The molecule has 1 fully saturated rings. The molecule has 1 aliphatic rings. The summed E-state index contributed by atoms with van der Waals surface area (Å²) < 4.78 is 7.76. The van der Waals surface area contributed by atoms with Gasteiger partial charge in [0.15, 0.2) is 0 Å². The zero-order chi connectivity index (χ0) is 15.4. The van der Waals surface area contributed by atoms with Gasteiger partial charge < -0.3 is 10.1 Å². The van der Waals surface area contributed by atoms with Gasteiger partial charge in [0.1, 0.15) is 11.8 Å². The van der Waals surface area contributed by atoms with Crippen LogP contribution in [0.25, 0.3) is 0 Å². The first-order valence-corrected chi connectivity index (χ1v) is 7.41. The van der Waals surface area contributed by atoms with Crippen LogP contribution in [0.15, 0.2) is 24.7 Å². The number of hydrogen-bond donors (Lipinski definition) is 1. The van der Waals surface area contributed by atoms with Gasteiger partial charge in [-0.1, -0.05) is 0 Å². The summed E-state index contributed by atoms with van der Waals surface area (Å²) in [5.74, 6) is 0.817. The van der Waals surface area contributed by atoms with Gasteiger partial charge in [0, 0.05) is 43.6 Å². The summed E-state index contributed by atoms with van der Waals surface area (Å²) in [5.41, 5.74) is 1.47. The van der Waals surface area contributed by atoms with Gasteiger partial charge in [0.2, 0.25) is 5.95 Å². The first-order valence-electron chi connectivity index (χ1n) is 7.41. The quantitative estimate of drug-likeness (QED) is 0.904. The highest BCUT2D eigenvalue weighted by molar-refractivity contribution is 5.30. The second kappa shape index (κ2) is 6.54. The largest absolute Gasteiger partial charge is 0.373 e. The van der Waals surface area contributed by atoms with E-state index in [2.05, 4.69) is 27.3 Å². The highest BCUT2D eigenvalue weighted by Crippen LogP contribution is 2.34. The fourth-order valence-electron chi connectivity index (χ4n) is 2.64. The van der Waals surface area contributed by atoms with E-state index in [1.54, 1.807) is 12.3 Å². The fraction of sp³-hybridized carbons (Fsp3) is 0.467. The van der Waals surface area contributed by atoms with Gasteiger partial charge in [0.05, 0.1) is 12.3 Å². The molecule has 7 nitrogen and oxygen atoms in total. The van der Waals surface area contributed by atoms with Crippen molar-refractivity contribution < 1.29 is 4.74 Å². The standard InChI is InChI=1S/C15H18N6O/c1-2-21-10-12(9-19-21)14-11(4-6-22-14)8-18-15-17-5-3-13(7-16)20-15/h3,5,9-11,14H,2,4,6,8H2,1H3,(H,17,18,20)/t11-,14+/m0/s1. The summed E-state index contributed by atoms with van der Waals surface area (Å²) in [7, 11) is 0. The Kier molecular flexibility index (Phi) is 4.30. The number of aromatic nitrogens is 4. The molecule has 1 N–H and O–H groups in total. The molecule has 114 valence electrons. The van der Waals surface area contributed by atoms with E-state index in [1.165, 1.54) is 0 Å². The highest BCUT2D eigenvalue weighted by Gasteiger charge is 2.30. The number of nitrogens with zero attached hydrogens (tertiary/aromatic N) is 5. The molecule has 3 rings (SSSR count). The third kappa shape index (κ3) is 3.07. The summed E-state index contributed by atoms with van der Waals surface area (Å²) in [6, 6.07) is 3.60. The second-order valence-corrected chi connectivity index (χ2v) is 5.23. The Morgan fingerprint density at radius 2 is 2.45 bits per heavy atom. The van der Waals surface area contributed by atoms with Gasteiger partial charge in [-0.05, 0) is 19.4 Å². The van der Waals surface area contributed by atoms with Crippen molar-refractivity contribution in [3.8, 4) is 6.07 Å². The van der Waals surface area contributed by atoms with Crippen LogP contribution in [0.5, 0.6) is 0 Å². The molecule has 0 saturated carbocycles. The van der Waals surface area contributed by atoms with Gasteiger partial charge in [-0.15, -0.1) is 0 Å². The molecule has 0 amide bonds. The van der Waals surface area contributed by atoms with Crippen molar-refractivity contribution in [1.82, 2.24) is 19.7 Å². The molecule has 2 atom stereocenters. The molecule has 3 heterocycles. The van der Waals surface area contributed by atoms with E-state index in [0.717, 1.165) is 25.1 Å². The Morgan fingerprint density at radius 1 is 1.55 bits per heavy atom. The number of nitriles is 1. The Hall–Kier alpha value is -2.46. The van der Waals surface area contributed by atoms with Crippen LogP contribution < -0.4 is 5.32 Å². The van der Waals surface area contributed by atoms with E-state index >= 15 is 0 Å². The predicted molar refractivity (Wildman–Crippen MR) is 79.9 cm³/mol. The van der Waals surface area contributed by atoms with Crippen molar-refractivity contribution in [2.75, 3.05) is 18.5 Å². The van der Waals surface area contributed by atoms with Crippen LogP contribution in [0.3, 0.4) is 0 Å². The lowest BCUT2D eigenvalue weighted by Gasteiger charge is -2.17. The smallest absolute Gasteiger partial charge is 0.223 e. The van der Waals surface area contributed by atoms with Crippen LogP contribution in [0.2, 0.25) is 0 Å². The molecule has 7 heteroatoms. The summed E-state index contributed by atoms with van der Waals surface area (Å²) in [6.45, 7) is 4.36. The van der Waals surface area contributed by atoms with Gasteiger partial charge >= 0.3 is 0 Å². The van der Waals surface area contributed by atoms with E-state index in [-0.39, 0.29) is 6.10 Å². The van der Waals surface area contributed by atoms with Gasteiger partial charge in [0.25, 0.3) is 0 Å². The minimum atomic E-state index is 0.0481. The van der Waals surface area contributed by atoms with Crippen LogP contribution in [-0.4, -0.2) is 32.9 Å². The monoisotopic (exact) mass is 298 g/mol. The van der Waals surface area contributed by atoms with Crippen LogP contribution in [0.4, 0.5) is 5.95 Å². The molecule has 2 aromatic rings. The molecule has 0 spiro atoms. The maximum Gasteiger partial charge on any atom is 0.223 e. The highest BCUT2D eigenvalue weighted by atomic mass is 16.5. The van der Waals surface area contributed by atoms with Gasteiger partial charge in [-0.3, -0.25) is 4.68 Å². The summed E-state index contributed by atoms with van der Waals surface area (Å²) in [6.07, 6.45) is 6.52. The Balaban J connectivity index is 1.65. The van der Waals surface area contributed by atoms with E-state index < -0.39 is 0 Å². The van der Waals surface area contributed by atoms with Gasteiger partial charge in [-0.25, -0.2) is 9.97 Å². The van der Waals surface area contributed by atoms with Crippen molar-refractivity contribution in [3.63, 3.8) is 0 Å². The maximum atomic E-state index is 8.86. The molecular weight excluding hydrogens is 280 g/mol. The summed E-state index contributed by atoms with van der Waals surface area (Å²) >= 11 is 0. The first-order chi connectivity index (χ1) is 10.8. The van der Waals surface area contributed by atoms with Gasteiger partial charge in [-0.2, -0.15) is 10.4 Å². The molecule has 0 radical (unpaired) electrons. The van der Waals surface area contributed by atoms with Crippen molar-refractivity contribution in [3.05, 3.63) is 35.9 Å². The number of rotatable bonds is 5. The zero-order valence-corrected chi connectivity index (χ0v) is 12.4. The maximum absolute atomic E-state index is 8.86. The SMILES string of the molecule is CCn1cc([C@@H]2OCC[C@H]2CNc2nccc(C#N)n2)cn1. The number of nitrogens with one attached hydrogen (secondary N) is 1. The molecule has 0 bridgehead atoms. The number of anilines is 1. The molecular formula is C15H18N6O. The topological polar surface area (TPSA) is 88.6 Å². The Bertz CT molecular complexity index is 677. The van der Waals surface area contributed by atoms with E-state index in [0.29, 0.717) is 24.1 Å². The average Bonchev–Trinajstić information content (AvgIpc) is 3.21. The minimum absolute atomic E-state index is 0.0481. The minimum Gasteiger partial charge on any atom is -0.373 e. The zero-order valence-electron chi connectivity index (χ0n) is 12.4. The van der Waals surface area contributed by atoms with Crippen LogP contribution >= 0.6 is 0 Å². The molecule has 22 heavy (non-hydrogen) atoms. The average molecular weight is 298 g/mol.